The molecule has 2 rings (SSSR count). The van der Waals surface area contributed by atoms with E-state index in [-0.39, 0.29) is 24.5 Å². The van der Waals surface area contributed by atoms with Crippen LogP contribution >= 0.6 is 0 Å². The molecule has 3 amide bonds. The minimum absolute atomic E-state index is 0.0535. The van der Waals surface area contributed by atoms with Crippen molar-refractivity contribution >= 4 is 23.4 Å². The van der Waals surface area contributed by atoms with Crippen LogP contribution in [0.25, 0.3) is 0 Å². The molecule has 8 nitrogen and oxygen atoms in total. The summed E-state index contributed by atoms with van der Waals surface area (Å²) in [4.78, 5) is 39.8. The summed E-state index contributed by atoms with van der Waals surface area (Å²) in [6, 6.07) is 1.59. The Morgan fingerprint density at radius 3 is 1.97 bits per heavy atom. The van der Waals surface area contributed by atoms with Gasteiger partial charge in [0.2, 0.25) is 17.7 Å². The molecule has 1 aliphatic heterocycles. The molecule has 0 aliphatic carbocycles. The van der Waals surface area contributed by atoms with E-state index in [9.17, 15) is 27.6 Å². The van der Waals surface area contributed by atoms with Gasteiger partial charge in [-0.05, 0) is 32.9 Å². The number of benzene rings is 1. The molecule has 0 radical (unpaired) electrons. The first-order valence-electron chi connectivity index (χ1n) is 9.90. The van der Waals surface area contributed by atoms with Crippen LogP contribution in [0.5, 0.6) is 0 Å². The molecule has 1 aromatic rings. The van der Waals surface area contributed by atoms with Crippen molar-refractivity contribution in [1.82, 2.24) is 20.4 Å². The molecule has 172 valence electrons. The van der Waals surface area contributed by atoms with E-state index in [4.69, 9.17) is 0 Å². The highest BCUT2D eigenvalue weighted by Gasteiger charge is 2.22. The molecule has 11 heteroatoms. The number of nitrogens with one attached hydrogen (secondary N) is 3. The van der Waals surface area contributed by atoms with Gasteiger partial charge >= 0.3 is 0 Å². The lowest BCUT2D eigenvalue weighted by Gasteiger charge is -2.34. The molecule has 3 N–H and O–H groups in total. The van der Waals surface area contributed by atoms with E-state index in [2.05, 4.69) is 16.0 Å². The van der Waals surface area contributed by atoms with Crippen molar-refractivity contribution in [3.63, 3.8) is 0 Å². The Morgan fingerprint density at radius 1 is 0.871 bits per heavy atom. The summed E-state index contributed by atoms with van der Waals surface area (Å²) in [6.07, 6.45) is 0. The van der Waals surface area contributed by atoms with Crippen LogP contribution in [0.15, 0.2) is 12.1 Å². The second-order valence-corrected chi connectivity index (χ2v) is 8.40. The van der Waals surface area contributed by atoms with Crippen molar-refractivity contribution in [3.8, 4) is 0 Å². The molecule has 1 fully saturated rings. The van der Waals surface area contributed by atoms with Gasteiger partial charge in [0.25, 0.3) is 0 Å². The standard InChI is InChI=1S/C20H28F3N5O3/c1-20(2,3)26-17(31)12-28-8-6-27(7-9-28)11-16(30)24-10-15(29)25-14-5-4-13(21)18(22)19(14)23/h4-5H,6-12H2,1-3H3,(H,24,30)(H,25,29)(H,26,31). The summed E-state index contributed by atoms with van der Waals surface area (Å²) >= 11 is 0. The summed E-state index contributed by atoms with van der Waals surface area (Å²) in [6.45, 7) is 8.08. The van der Waals surface area contributed by atoms with Crippen LogP contribution in [-0.2, 0) is 14.4 Å². The fourth-order valence-corrected chi connectivity index (χ4v) is 3.02. The van der Waals surface area contributed by atoms with Gasteiger partial charge in [0, 0.05) is 31.7 Å². The van der Waals surface area contributed by atoms with Gasteiger partial charge in [-0.1, -0.05) is 0 Å². The number of hydrogen-bond donors (Lipinski definition) is 3. The van der Waals surface area contributed by atoms with Crippen molar-refractivity contribution in [2.45, 2.75) is 26.3 Å². The highest BCUT2D eigenvalue weighted by atomic mass is 19.2. The number of nitrogens with zero attached hydrogens (tertiary/aromatic N) is 2. The van der Waals surface area contributed by atoms with Crippen molar-refractivity contribution in [2.75, 3.05) is 51.1 Å². The Balaban J connectivity index is 1.69. The summed E-state index contributed by atoms with van der Waals surface area (Å²) in [5, 5.41) is 7.39. The summed E-state index contributed by atoms with van der Waals surface area (Å²) < 4.78 is 39.7. The van der Waals surface area contributed by atoms with Crippen molar-refractivity contribution in [2.24, 2.45) is 0 Å². The monoisotopic (exact) mass is 443 g/mol. The lowest BCUT2D eigenvalue weighted by molar-refractivity contribution is -0.126. The zero-order chi connectivity index (χ0) is 23.2. The topological polar surface area (TPSA) is 93.8 Å². The summed E-state index contributed by atoms with van der Waals surface area (Å²) in [5.41, 5.74) is -0.801. The van der Waals surface area contributed by atoms with E-state index in [0.717, 1.165) is 6.07 Å². The molecule has 1 saturated heterocycles. The first-order chi connectivity index (χ1) is 14.4. The largest absolute Gasteiger partial charge is 0.350 e. The third-order valence-corrected chi connectivity index (χ3v) is 4.47. The lowest BCUT2D eigenvalue weighted by Crippen LogP contribution is -2.53. The maximum Gasteiger partial charge on any atom is 0.243 e. The van der Waals surface area contributed by atoms with E-state index in [1.54, 1.807) is 0 Å². The third kappa shape index (κ3) is 8.18. The Kier molecular flexibility index (Phi) is 8.40. The van der Waals surface area contributed by atoms with Crippen LogP contribution in [0, 0.1) is 17.5 Å². The molecule has 0 unspecified atom stereocenters. The van der Waals surface area contributed by atoms with E-state index in [1.165, 1.54) is 0 Å². The molecule has 0 atom stereocenters. The average Bonchev–Trinajstić information content (AvgIpc) is 2.67. The Labute approximate surface area is 179 Å². The van der Waals surface area contributed by atoms with Crippen molar-refractivity contribution in [1.29, 1.82) is 0 Å². The third-order valence-electron chi connectivity index (χ3n) is 4.47. The number of carbonyl (C=O) groups is 3. The molecule has 0 aromatic heterocycles. The van der Waals surface area contributed by atoms with Crippen LogP contribution in [0.2, 0.25) is 0 Å². The Bertz CT molecular complexity index is 821. The Morgan fingerprint density at radius 2 is 1.42 bits per heavy atom. The predicted molar refractivity (Wildman–Crippen MR) is 109 cm³/mol. The molecule has 1 heterocycles. The molecule has 1 aliphatic rings. The maximum atomic E-state index is 13.6. The maximum absolute atomic E-state index is 13.6. The van der Waals surface area contributed by atoms with E-state index in [1.807, 2.05) is 30.6 Å². The van der Waals surface area contributed by atoms with Crippen LogP contribution in [0.3, 0.4) is 0 Å². The van der Waals surface area contributed by atoms with Crippen molar-refractivity contribution in [3.05, 3.63) is 29.6 Å². The highest BCUT2D eigenvalue weighted by Crippen LogP contribution is 2.19. The number of carbonyl (C=O) groups excluding carboxylic acids is 3. The smallest absolute Gasteiger partial charge is 0.243 e. The van der Waals surface area contributed by atoms with Gasteiger partial charge < -0.3 is 16.0 Å². The van der Waals surface area contributed by atoms with Gasteiger partial charge in [-0.25, -0.2) is 13.2 Å². The van der Waals surface area contributed by atoms with Crippen LogP contribution < -0.4 is 16.0 Å². The van der Waals surface area contributed by atoms with Gasteiger partial charge in [0.15, 0.2) is 17.5 Å². The number of anilines is 1. The highest BCUT2D eigenvalue weighted by molar-refractivity contribution is 5.94. The molecule has 0 spiro atoms. The van der Waals surface area contributed by atoms with Gasteiger partial charge in [-0.2, -0.15) is 0 Å². The molecule has 0 bridgehead atoms. The first-order valence-corrected chi connectivity index (χ1v) is 9.90. The number of rotatable bonds is 7. The minimum atomic E-state index is -1.68. The molecule has 31 heavy (non-hydrogen) atoms. The average molecular weight is 443 g/mol. The van der Waals surface area contributed by atoms with Gasteiger partial charge in [-0.15, -0.1) is 0 Å². The minimum Gasteiger partial charge on any atom is -0.350 e. The van der Waals surface area contributed by atoms with E-state index < -0.39 is 41.5 Å². The SMILES string of the molecule is CC(C)(C)NC(=O)CN1CCN(CC(=O)NCC(=O)Nc2ccc(F)c(F)c2F)CC1. The summed E-state index contributed by atoms with van der Waals surface area (Å²) in [5.74, 6) is -5.78. The summed E-state index contributed by atoms with van der Waals surface area (Å²) in [7, 11) is 0. The fourth-order valence-electron chi connectivity index (χ4n) is 3.02. The number of amides is 3. The second kappa shape index (κ2) is 10.6. The van der Waals surface area contributed by atoms with Gasteiger partial charge in [0.05, 0.1) is 25.3 Å². The van der Waals surface area contributed by atoms with Crippen LogP contribution in [-0.4, -0.2) is 78.9 Å². The number of halogens is 3. The van der Waals surface area contributed by atoms with E-state index in [0.29, 0.717) is 32.2 Å². The van der Waals surface area contributed by atoms with Crippen molar-refractivity contribution < 1.29 is 27.6 Å². The molecular weight excluding hydrogens is 415 g/mol. The number of piperazine rings is 1. The lowest BCUT2D eigenvalue weighted by atomic mass is 10.1. The van der Waals surface area contributed by atoms with Crippen LogP contribution in [0.4, 0.5) is 18.9 Å². The molecular formula is C20H28F3N5O3. The zero-order valence-corrected chi connectivity index (χ0v) is 17.9. The normalized spacial score (nSPS) is 15.4. The predicted octanol–water partition coefficient (Wildman–Crippen LogP) is 0.691. The zero-order valence-electron chi connectivity index (χ0n) is 17.9. The fraction of sp³-hybridized carbons (Fsp3) is 0.550. The Hall–Kier alpha value is -2.66. The quantitative estimate of drug-likeness (QED) is 0.540. The molecule has 1 aromatic carbocycles. The molecule has 0 saturated carbocycles. The van der Waals surface area contributed by atoms with Crippen LogP contribution in [0.1, 0.15) is 20.8 Å². The van der Waals surface area contributed by atoms with Gasteiger partial charge in [-0.3, -0.25) is 24.2 Å². The van der Waals surface area contributed by atoms with E-state index >= 15 is 0 Å². The first kappa shape index (κ1) is 24.6. The number of hydrogen-bond acceptors (Lipinski definition) is 5. The second-order valence-electron chi connectivity index (χ2n) is 8.40. The van der Waals surface area contributed by atoms with Gasteiger partial charge in [0.1, 0.15) is 0 Å².